The van der Waals surface area contributed by atoms with Crippen molar-refractivity contribution in [2.24, 2.45) is 0 Å². The largest absolute Gasteiger partial charge is 0.397 e. The molecule has 1 aromatic rings. The van der Waals surface area contributed by atoms with E-state index in [4.69, 9.17) is 17.3 Å². The molecule has 2 rings (SSSR count). The number of nitrogens with two attached hydrogens (primary N) is 1. The van der Waals surface area contributed by atoms with Crippen molar-refractivity contribution in [3.05, 3.63) is 28.8 Å². The second-order valence-electron chi connectivity index (χ2n) is 4.40. The average Bonchev–Trinajstić information content (AvgIpc) is 2.80. The molecule has 2 N–H and O–H groups in total. The van der Waals surface area contributed by atoms with Crippen molar-refractivity contribution in [2.45, 2.75) is 32.2 Å². The summed E-state index contributed by atoms with van der Waals surface area (Å²) in [5, 5.41) is 0.447. The van der Waals surface area contributed by atoms with E-state index in [2.05, 4.69) is 6.92 Å². The van der Waals surface area contributed by atoms with E-state index in [1.165, 1.54) is 0 Å². The van der Waals surface area contributed by atoms with Gasteiger partial charge in [0.15, 0.2) is 0 Å². The molecule has 1 aliphatic heterocycles. The van der Waals surface area contributed by atoms with Crippen molar-refractivity contribution < 1.29 is 4.79 Å². The molecule has 1 saturated heterocycles. The van der Waals surface area contributed by atoms with Crippen LogP contribution in [0.5, 0.6) is 0 Å². The number of halogens is 1. The lowest BCUT2D eigenvalue weighted by atomic mass is 10.1. The van der Waals surface area contributed by atoms with Crippen molar-refractivity contribution in [1.29, 1.82) is 0 Å². The van der Waals surface area contributed by atoms with Crippen LogP contribution in [0.3, 0.4) is 0 Å². The van der Waals surface area contributed by atoms with Gasteiger partial charge in [0, 0.05) is 12.6 Å². The Labute approximate surface area is 107 Å². The summed E-state index contributed by atoms with van der Waals surface area (Å²) in [6, 6.07) is 5.56. The highest BCUT2D eigenvalue weighted by molar-refractivity contribution is 6.33. The number of nitrogens with zero attached hydrogens (tertiary/aromatic N) is 1. The zero-order valence-corrected chi connectivity index (χ0v) is 10.7. The first kappa shape index (κ1) is 12.2. The summed E-state index contributed by atoms with van der Waals surface area (Å²) < 4.78 is 0. The number of carbonyl (C=O) groups is 1. The molecule has 1 fully saturated rings. The number of nitrogen functional groups attached to an aromatic ring is 1. The van der Waals surface area contributed by atoms with Crippen LogP contribution in [0.4, 0.5) is 5.69 Å². The van der Waals surface area contributed by atoms with Crippen LogP contribution in [0.15, 0.2) is 18.2 Å². The zero-order valence-electron chi connectivity index (χ0n) is 9.95. The third-order valence-corrected chi connectivity index (χ3v) is 3.72. The minimum Gasteiger partial charge on any atom is -0.397 e. The van der Waals surface area contributed by atoms with Gasteiger partial charge in [-0.05, 0) is 31.4 Å². The minimum atomic E-state index is 0.00866. The van der Waals surface area contributed by atoms with E-state index in [9.17, 15) is 4.79 Å². The fourth-order valence-corrected chi connectivity index (χ4v) is 2.58. The fourth-order valence-electron chi connectivity index (χ4n) is 2.41. The van der Waals surface area contributed by atoms with Crippen LogP contribution in [0.1, 0.15) is 36.5 Å². The Balaban J connectivity index is 2.28. The van der Waals surface area contributed by atoms with Gasteiger partial charge in [0.2, 0.25) is 0 Å². The molecule has 1 aromatic carbocycles. The van der Waals surface area contributed by atoms with Crippen molar-refractivity contribution in [3.63, 3.8) is 0 Å². The molecule has 0 spiro atoms. The predicted molar refractivity (Wildman–Crippen MR) is 70.2 cm³/mol. The summed E-state index contributed by atoms with van der Waals surface area (Å²) in [5.74, 6) is 0.00866. The van der Waals surface area contributed by atoms with Gasteiger partial charge in [0.1, 0.15) is 0 Å². The molecule has 3 nitrogen and oxygen atoms in total. The number of rotatable bonds is 2. The Morgan fingerprint density at radius 3 is 3.06 bits per heavy atom. The number of benzene rings is 1. The van der Waals surface area contributed by atoms with Crippen molar-refractivity contribution in [3.8, 4) is 0 Å². The zero-order chi connectivity index (χ0) is 12.4. The smallest absolute Gasteiger partial charge is 0.256 e. The molecule has 1 aliphatic rings. The van der Waals surface area contributed by atoms with Gasteiger partial charge in [-0.1, -0.05) is 24.6 Å². The molecule has 17 heavy (non-hydrogen) atoms. The molecular weight excluding hydrogens is 236 g/mol. The van der Waals surface area contributed by atoms with E-state index in [0.29, 0.717) is 22.3 Å². The number of para-hydroxylation sites is 1. The Hall–Kier alpha value is -1.22. The Morgan fingerprint density at radius 1 is 1.59 bits per heavy atom. The first-order valence-corrected chi connectivity index (χ1v) is 6.38. The van der Waals surface area contributed by atoms with Gasteiger partial charge >= 0.3 is 0 Å². The number of hydrogen-bond donors (Lipinski definition) is 1. The van der Waals surface area contributed by atoms with Gasteiger partial charge in [0.25, 0.3) is 5.91 Å². The van der Waals surface area contributed by atoms with Crippen LogP contribution in [0.25, 0.3) is 0 Å². The molecular formula is C13H17ClN2O. The average molecular weight is 253 g/mol. The number of carbonyl (C=O) groups excluding carboxylic acids is 1. The van der Waals surface area contributed by atoms with Crippen LogP contribution < -0.4 is 5.73 Å². The fraction of sp³-hybridized carbons (Fsp3) is 0.462. The highest BCUT2D eigenvalue weighted by atomic mass is 35.5. The lowest BCUT2D eigenvalue weighted by Gasteiger charge is -2.24. The van der Waals surface area contributed by atoms with Gasteiger partial charge in [-0.15, -0.1) is 0 Å². The summed E-state index contributed by atoms with van der Waals surface area (Å²) in [6.07, 6.45) is 3.15. The first-order chi connectivity index (χ1) is 8.15. The number of amides is 1. The van der Waals surface area contributed by atoms with Crippen LogP contribution >= 0.6 is 11.6 Å². The van der Waals surface area contributed by atoms with Gasteiger partial charge in [-0.2, -0.15) is 0 Å². The van der Waals surface area contributed by atoms with Gasteiger partial charge < -0.3 is 10.6 Å². The summed E-state index contributed by atoms with van der Waals surface area (Å²) in [6.45, 7) is 2.93. The summed E-state index contributed by atoms with van der Waals surface area (Å²) in [4.78, 5) is 14.3. The Morgan fingerprint density at radius 2 is 2.35 bits per heavy atom. The highest BCUT2D eigenvalue weighted by Gasteiger charge is 2.29. The molecule has 1 unspecified atom stereocenters. The SMILES string of the molecule is CCC1CCCN1C(=O)c1cccc(Cl)c1N. The van der Waals surface area contributed by atoms with E-state index in [-0.39, 0.29) is 5.91 Å². The Kier molecular flexibility index (Phi) is 3.57. The van der Waals surface area contributed by atoms with E-state index >= 15 is 0 Å². The van der Waals surface area contributed by atoms with Crippen LogP contribution in [0, 0.1) is 0 Å². The molecule has 0 bridgehead atoms. The standard InChI is InChI=1S/C13H17ClN2O/c1-2-9-5-4-8-16(9)13(17)10-6-3-7-11(14)12(10)15/h3,6-7,9H,2,4-5,8,15H2,1H3. The van der Waals surface area contributed by atoms with E-state index < -0.39 is 0 Å². The minimum absolute atomic E-state index is 0.00866. The van der Waals surface area contributed by atoms with Crippen molar-refractivity contribution in [2.75, 3.05) is 12.3 Å². The molecule has 0 saturated carbocycles. The molecule has 1 amide bonds. The monoisotopic (exact) mass is 252 g/mol. The maximum Gasteiger partial charge on any atom is 0.256 e. The molecule has 1 heterocycles. The number of hydrogen-bond acceptors (Lipinski definition) is 2. The summed E-state index contributed by atoms with van der Waals surface area (Å²) >= 11 is 5.94. The van der Waals surface area contributed by atoms with Gasteiger partial charge in [-0.25, -0.2) is 0 Å². The van der Waals surface area contributed by atoms with Crippen LogP contribution in [0.2, 0.25) is 5.02 Å². The molecule has 0 aliphatic carbocycles. The van der Waals surface area contributed by atoms with E-state index in [0.717, 1.165) is 25.8 Å². The third kappa shape index (κ3) is 2.25. The molecule has 0 radical (unpaired) electrons. The van der Waals surface area contributed by atoms with Crippen LogP contribution in [-0.4, -0.2) is 23.4 Å². The lowest BCUT2D eigenvalue weighted by molar-refractivity contribution is 0.0735. The Bertz CT molecular complexity index is 433. The van der Waals surface area contributed by atoms with E-state index in [1.54, 1.807) is 18.2 Å². The third-order valence-electron chi connectivity index (χ3n) is 3.39. The quantitative estimate of drug-likeness (QED) is 0.823. The predicted octanol–water partition coefficient (Wildman–Crippen LogP) is 2.94. The molecule has 0 aromatic heterocycles. The topological polar surface area (TPSA) is 46.3 Å². The highest BCUT2D eigenvalue weighted by Crippen LogP contribution is 2.27. The maximum atomic E-state index is 12.4. The molecule has 92 valence electrons. The molecule has 1 atom stereocenters. The second-order valence-corrected chi connectivity index (χ2v) is 4.81. The summed E-state index contributed by atoms with van der Waals surface area (Å²) in [5.41, 5.74) is 6.77. The van der Waals surface area contributed by atoms with Crippen molar-refractivity contribution in [1.82, 2.24) is 4.90 Å². The first-order valence-electron chi connectivity index (χ1n) is 6.00. The van der Waals surface area contributed by atoms with E-state index in [1.807, 2.05) is 4.90 Å². The summed E-state index contributed by atoms with van der Waals surface area (Å²) in [7, 11) is 0. The molecule has 4 heteroatoms. The lowest BCUT2D eigenvalue weighted by Crippen LogP contribution is -2.35. The number of anilines is 1. The normalized spacial score (nSPS) is 19.6. The van der Waals surface area contributed by atoms with Gasteiger partial charge in [0.05, 0.1) is 16.3 Å². The van der Waals surface area contributed by atoms with Crippen LogP contribution in [-0.2, 0) is 0 Å². The number of likely N-dealkylation sites (tertiary alicyclic amines) is 1. The van der Waals surface area contributed by atoms with Gasteiger partial charge in [-0.3, -0.25) is 4.79 Å². The maximum absolute atomic E-state index is 12.4. The van der Waals surface area contributed by atoms with Crippen molar-refractivity contribution >= 4 is 23.2 Å². The second kappa shape index (κ2) is 4.96.